The highest BCUT2D eigenvalue weighted by molar-refractivity contribution is 6.00. The number of aliphatic carboxylic acids is 1. The minimum atomic E-state index is -0.879. The van der Waals surface area contributed by atoms with Crippen molar-refractivity contribution in [2.24, 2.45) is 11.3 Å². The normalized spacial score (nSPS) is 32.4. The molecule has 1 fully saturated rings. The number of fused-ring (bicyclic) bond motifs is 3. The summed E-state index contributed by atoms with van der Waals surface area (Å²) in [7, 11) is 0. The van der Waals surface area contributed by atoms with Gasteiger partial charge in [0.25, 0.3) is 0 Å². The summed E-state index contributed by atoms with van der Waals surface area (Å²) < 4.78 is 0. The Balaban J connectivity index is 2.23. The van der Waals surface area contributed by atoms with Crippen molar-refractivity contribution in [1.82, 2.24) is 0 Å². The average Bonchev–Trinajstić information content (AvgIpc) is 2.49. The maximum Gasteiger partial charge on any atom is 0.309 e. The van der Waals surface area contributed by atoms with E-state index in [2.05, 4.69) is 6.92 Å². The molecule has 0 heterocycles. The van der Waals surface area contributed by atoms with E-state index >= 15 is 0 Å². The van der Waals surface area contributed by atoms with Gasteiger partial charge in [0.2, 0.25) is 0 Å². The van der Waals surface area contributed by atoms with Crippen LogP contribution in [0.1, 0.15) is 80.8 Å². The van der Waals surface area contributed by atoms with Gasteiger partial charge in [-0.1, -0.05) is 33.3 Å². The van der Waals surface area contributed by atoms with Crippen molar-refractivity contribution in [3.8, 4) is 5.75 Å². The van der Waals surface area contributed by atoms with E-state index in [0.29, 0.717) is 12.0 Å². The third kappa shape index (κ3) is 2.19. The van der Waals surface area contributed by atoms with Gasteiger partial charge in [-0.15, -0.1) is 0 Å². The predicted octanol–water partition coefficient (Wildman–Crippen LogP) is 4.25. The van der Waals surface area contributed by atoms with Gasteiger partial charge in [-0.2, -0.15) is 0 Å². The van der Waals surface area contributed by atoms with Crippen LogP contribution in [0.3, 0.4) is 0 Å². The number of hydrogen-bond acceptors (Lipinski definition) is 3. The number of phenolic OH excluding ortho intramolecular Hbond substituents is 1. The van der Waals surface area contributed by atoms with Crippen molar-refractivity contribution in [2.75, 3.05) is 0 Å². The van der Waals surface area contributed by atoms with Gasteiger partial charge in [0.15, 0.2) is 5.78 Å². The number of benzene rings is 1. The van der Waals surface area contributed by atoms with Crippen LogP contribution in [0.4, 0.5) is 0 Å². The topological polar surface area (TPSA) is 74.6 Å². The smallest absolute Gasteiger partial charge is 0.309 e. The van der Waals surface area contributed by atoms with Crippen LogP contribution in [0.25, 0.3) is 0 Å². The lowest BCUT2D eigenvalue weighted by atomic mass is 9.49. The number of carboxylic acids is 1. The minimum absolute atomic E-state index is 0.0487. The Kier molecular flexibility index (Phi) is 3.78. The van der Waals surface area contributed by atoms with E-state index in [1.165, 1.54) is 0 Å². The molecule has 0 spiro atoms. The molecule has 0 bridgehead atoms. The van der Waals surface area contributed by atoms with Crippen molar-refractivity contribution in [2.45, 2.75) is 64.7 Å². The molecular weight excluding hydrogens is 304 g/mol. The van der Waals surface area contributed by atoms with Crippen LogP contribution in [0.5, 0.6) is 5.75 Å². The van der Waals surface area contributed by atoms with E-state index in [4.69, 9.17) is 0 Å². The first-order valence-electron chi connectivity index (χ1n) is 8.75. The van der Waals surface area contributed by atoms with Crippen LogP contribution in [0.2, 0.25) is 0 Å². The number of rotatable bonds is 2. The summed E-state index contributed by atoms with van der Waals surface area (Å²) in [6, 6.07) is 3.55. The number of carbonyl (C=O) groups excluding carboxylic acids is 1. The molecule has 0 radical (unpaired) electrons. The fourth-order valence-corrected chi connectivity index (χ4v) is 4.97. The Labute approximate surface area is 142 Å². The first kappa shape index (κ1) is 17.0. The highest BCUT2D eigenvalue weighted by Crippen LogP contribution is 2.58. The lowest BCUT2D eigenvalue weighted by Gasteiger charge is -2.53. The quantitative estimate of drug-likeness (QED) is 0.850. The molecular formula is C20H26O4. The molecule has 0 saturated heterocycles. The van der Waals surface area contributed by atoms with E-state index < -0.39 is 11.4 Å². The first-order chi connectivity index (χ1) is 11.1. The first-order valence-corrected chi connectivity index (χ1v) is 8.75. The minimum Gasteiger partial charge on any atom is -0.508 e. The van der Waals surface area contributed by atoms with E-state index in [1.54, 1.807) is 13.0 Å². The van der Waals surface area contributed by atoms with Gasteiger partial charge < -0.3 is 10.2 Å². The molecule has 0 aromatic heterocycles. The maximum absolute atomic E-state index is 12.7. The Morgan fingerprint density at radius 3 is 2.50 bits per heavy atom. The zero-order valence-corrected chi connectivity index (χ0v) is 14.8. The zero-order valence-electron chi connectivity index (χ0n) is 14.8. The molecule has 0 aliphatic heterocycles. The van der Waals surface area contributed by atoms with Crippen LogP contribution in [-0.4, -0.2) is 22.0 Å². The number of phenols is 1. The molecule has 0 unspecified atom stereocenters. The summed E-state index contributed by atoms with van der Waals surface area (Å²) >= 11 is 0. The second-order valence-corrected chi connectivity index (χ2v) is 8.28. The van der Waals surface area contributed by atoms with Crippen molar-refractivity contribution in [1.29, 1.82) is 0 Å². The standard InChI is InChI=1S/C20H26O4/c1-11(2)12-8-14-13(9-15(12)21)16(22)10-17-19(14,3)6-5-7-20(17,4)18(23)24/h8-9,11,17,21H,5-7,10H2,1-4H3,(H,23,24)/t17-,19-,20+/m1/s1. The molecule has 2 aliphatic carbocycles. The predicted molar refractivity (Wildman–Crippen MR) is 91.6 cm³/mol. The second-order valence-electron chi connectivity index (χ2n) is 8.28. The second kappa shape index (κ2) is 5.33. The van der Waals surface area contributed by atoms with Gasteiger partial charge in [-0.25, -0.2) is 0 Å². The summed E-state index contributed by atoms with van der Waals surface area (Å²) in [5.41, 5.74) is 1.11. The Hall–Kier alpha value is -1.84. The zero-order chi connectivity index (χ0) is 17.9. The number of carbonyl (C=O) groups is 2. The van der Waals surface area contributed by atoms with E-state index in [-0.39, 0.29) is 35.2 Å². The Bertz CT molecular complexity index is 721. The molecule has 3 atom stereocenters. The molecule has 130 valence electrons. The fraction of sp³-hybridized carbons (Fsp3) is 0.600. The van der Waals surface area contributed by atoms with Crippen molar-refractivity contribution in [3.63, 3.8) is 0 Å². The molecule has 3 rings (SSSR count). The van der Waals surface area contributed by atoms with Crippen LogP contribution in [0, 0.1) is 11.3 Å². The molecule has 24 heavy (non-hydrogen) atoms. The molecule has 2 aliphatic rings. The molecule has 1 aromatic rings. The molecule has 0 amide bonds. The number of ketones is 1. The van der Waals surface area contributed by atoms with E-state index in [0.717, 1.165) is 24.0 Å². The molecule has 1 aromatic carbocycles. The highest BCUT2D eigenvalue weighted by atomic mass is 16.4. The van der Waals surface area contributed by atoms with Gasteiger partial charge in [-0.3, -0.25) is 9.59 Å². The summed E-state index contributed by atoms with van der Waals surface area (Å²) in [6.07, 6.45) is 2.57. The molecule has 4 heteroatoms. The monoisotopic (exact) mass is 330 g/mol. The number of carboxylic acid groups (broad SMARTS) is 1. The van der Waals surface area contributed by atoms with Crippen LogP contribution >= 0.6 is 0 Å². The molecule has 2 N–H and O–H groups in total. The van der Waals surface area contributed by atoms with Crippen LogP contribution in [-0.2, 0) is 10.2 Å². The van der Waals surface area contributed by atoms with Gasteiger partial charge in [0.1, 0.15) is 5.75 Å². The summed E-state index contributed by atoms with van der Waals surface area (Å²) in [5.74, 6) is -0.759. The van der Waals surface area contributed by atoms with Crippen molar-refractivity contribution < 1.29 is 19.8 Å². The summed E-state index contributed by atoms with van der Waals surface area (Å²) in [6.45, 7) is 7.91. The number of aromatic hydroxyl groups is 1. The van der Waals surface area contributed by atoms with Gasteiger partial charge >= 0.3 is 5.97 Å². The van der Waals surface area contributed by atoms with Gasteiger partial charge in [-0.05, 0) is 54.2 Å². The number of Topliss-reactive ketones (excluding diaryl/α,β-unsaturated/α-hetero) is 1. The maximum atomic E-state index is 12.7. The van der Waals surface area contributed by atoms with Crippen molar-refractivity contribution >= 4 is 11.8 Å². The SMILES string of the molecule is CC(C)c1cc2c(cc1O)C(=O)C[C@H]1[C@@](C)(C(=O)O)CCC[C@]21C. The fourth-order valence-electron chi connectivity index (χ4n) is 4.97. The molecule has 1 saturated carbocycles. The van der Waals surface area contributed by atoms with Crippen molar-refractivity contribution in [3.05, 3.63) is 28.8 Å². The Morgan fingerprint density at radius 2 is 1.92 bits per heavy atom. The van der Waals surface area contributed by atoms with Crippen LogP contribution in [0.15, 0.2) is 12.1 Å². The van der Waals surface area contributed by atoms with Crippen LogP contribution < -0.4 is 0 Å². The van der Waals surface area contributed by atoms with E-state index in [9.17, 15) is 19.8 Å². The van der Waals surface area contributed by atoms with E-state index in [1.807, 2.05) is 19.9 Å². The molecule has 4 nitrogen and oxygen atoms in total. The Morgan fingerprint density at radius 1 is 1.25 bits per heavy atom. The third-order valence-corrected chi connectivity index (χ3v) is 6.51. The van der Waals surface area contributed by atoms with Gasteiger partial charge in [0, 0.05) is 12.0 Å². The highest BCUT2D eigenvalue weighted by Gasteiger charge is 2.57. The number of hydrogen-bond donors (Lipinski definition) is 2. The summed E-state index contributed by atoms with van der Waals surface area (Å²) in [4.78, 5) is 24.7. The van der Waals surface area contributed by atoms with Gasteiger partial charge in [0.05, 0.1) is 5.41 Å². The average molecular weight is 330 g/mol. The third-order valence-electron chi connectivity index (χ3n) is 6.51. The summed E-state index contributed by atoms with van der Waals surface area (Å²) in [5, 5.41) is 20.1. The lowest BCUT2D eigenvalue weighted by Crippen LogP contribution is -2.53. The lowest BCUT2D eigenvalue weighted by molar-refractivity contribution is -0.156. The largest absolute Gasteiger partial charge is 0.508 e.